The van der Waals surface area contributed by atoms with Crippen LogP contribution in [-0.4, -0.2) is 33.6 Å². The lowest BCUT2D eigenvalue weighted by Crippen LogP contribution is -2.34. The predicted molar refractivity (Wildman–Crippen MR) is 118 cm³/mol. The van der Waals surface area contributed by atoms with E-state index in [4.69, 9.17) is 0 Å². The van der Waals surface area contributed by atoms with E-state index in [2.05, 4.69) is 20.8 Å². The Kier molecular flexibility index (Phi) is 5.76. The van der Waals surface area contributed by atoms with E-state index >= 15 is 0 Å². The Bertz CT molecular complexity index is 1050. The number of nitrogens with one attached hydrogen (secondary N) is 2. The lowest BCUT2D eigenvalue weighted by atomic mass is 10.2. The molecule has 1 aliphatic heterocycles. The summed E-state index contributed by atoms with van der Waals surface area (Å²) >= 11 is 1.23. The Labute approximate surface area is 179 Å². The summed E-state index contributed by atoms with van der Waals surface area (Å²) in [5, 5.41) is 15.0. The zero-order chi connectivity index (χ0) is 21.1. The second kappa shape index (κ2) is 8.62. The molecule has 0 unspecified atom stereocenters. The molecule has 30 heavy (non-hydrogen) atoms. The third-order valence-electron chi connectivity index (χ3n) is 5.05. The van der Waals surface area contributed by atoms with E-state index in [-0.39, 0.29) is 23.0 Å². The number of carbonyl (C=O) groups is 2. The summed E-state index contributed by atoms with van der Waals surface area (Å²) in [5.74, 6) is -0.295. The number of anilines is 2. The molecule has 3 aromatic rings. The van der Waals surface area contributed by atoms with Gasteiger partial charge < -0.3 is 15.5 Å². The molecule has 1 saturated heterocycles. The number of urea groups is 1. The third kappa shape index (κ3) is 4.49. The monoisotopic (exact) mass is 421 g/mol. The van der Waals surface area contributed by atoms with Gasteiger partial charge in [0.15, 0.2) is 0 Å². The standard InChI is InChI=1S/C22H23N5O2S/c1-14-5-9-16(10-6-14)23-19(28)21-26-25-20(30-21)18-4-3-13-27(18)22(29)24-17-11-7-15(2)8-12-17/h5-12,18H,3-4,13H2,1-2H3,(H,23,28)(H,24,29)/t18-/m0/s1. The molecule has 8 heteroatoms. The second-order valence-corrected chi connectivity index (χ2v) is 8.42. The van der Waals surface area contributed by atoms with Gasteiger partial charge in [0.2, 0.25) is 5.01 Å². The molecular weight excluding hydrogens is 398 g/mol. The van der Waals surface area contributed by atoms with Crippen LogP contribution in [0.3, 0.4) is 0 Å². The molecule has 2 heterocycles. The molecule has 2 N–H and O–H groups in total. The van der Waals surface area contributed by atoms with Gasteiger partial charge in [-0.25, -0.2) is 4.79 Å². The minimum atomic E-state index is -0.295. The maximum atomic E-state index is 12.8. The van der Waals surface area contributed by atoms with Gasteiger partial charge in [0, 0.05) is 17.9 Å². The van der Waals surface area contributed by atoms with Crippen LogP contribution in [0.15, 0.2) is 48.5 Å². The Morgan fingerprint density at radius 2 is 1.53 bits per heavy atom. The van der Waals surface area contributed by atoms with Crippen LogP contribution in [0.2, 0.25) is 0 Å². The fourth-order valence-electron chi connectivity index (χ4n) is 3.38. The molecule has 3 amide bonds. The highest BCUT2D eigenvalue weighted by atomic mass is 32.1. The Balaban J connectivity index is 1.43. The van der Waals surface area contributed by atoms with Crippen LogP contribution in [0.5, 0.6) is 0 Å². The summed E-state index contributed by atoms with van der Waals surface area (Å²) < 4.78 is 0. The van der Waals surface area contributed by atoms with Gasteiger partial charge in [-0.3, -0.25) is 4.79 Å². The number of amides is 3. The van der Waals surface area contributed by atoms with Gasteiger partial charge in [-0.05, 0) is 51.0 Å². The largest absolute Gasteiger partial charge is 0.322 e. The van der Waals surface area contributed by atoms with Gasteiger partial charge in [-0.1, -0.05) is 46.7 Å². The molecule has 0 bridgehead atoms. The van der Waals surface area contributed by atoms with Gasteiger partial charge in [0.25, 0.3) is 5.91 Å². The summed E-state index contributed by atoms with van der Waals surface area (Å²) in [4.78, 5) is 27.1. The van der Waals surface area contributed by atoms with Crippen LogP contribution in [-0.2, 0) is 0 Å². The van der Waals surface area contributed by atoms with Crippen molar-refractivity contribution in [1.29, 1.82) is 0 Å². The molecule has 0 saturated carbocycles. The Morgan fingerprint density at radius 1 is 0.933 bits per heavy atom. The van der Waals surface area contributed by atoms with E-state index in [0.29, 0.717) is 17.2 Å². The first-order chi connectivity index (χ1) is 14.5. The van der Waals surface area contributed by atoms with Gasteiger partial charge in [0.05, 0.1) is 6.04 Å². The first-order valence-electron chi connectivity index (χ1n) is 9.85. The van der Waals surface area contributed by atoms with Gasteiger partial charge >= 0.3 is 6.03 Å². The van der Waals surface area contributed by atoms with Crippen molar-refractivity contribution in [2.75, 3.05) is 17.2 Å². The van der Waals surface area contributed by atoms with Crippen LogP contribution < -0.4 is 10.6 Å². The topological polar surface area (TPSA) is 87.2 Å². The smallest absolute Gasteiger partial charge is 0.320 e. The minimum Gasteiger partial charge on any atom is -0.320 e. The van der Waals surface area contributed by atoms with Crippen LogP contribution in [0.4, 0.5) is 16.2 Å². The highest BCUT2D eigenvalue weighted by molar-refractivity contribution is 7.13. The minimum absolute atomic E-state index is 0.165. The average molecular weight is 422 g/mol. The number of hydrogen-bond acceptors (Lipinski definition) is 5. The molecule has 1 atom stereocenters. The predicted octanol–water partition coefficient (Wildman–Crippen LogP) is 4.78. The SMILES string of the molecule is Cc1ccc(NC(=O)c2nnc([C@@H]3CCCN3C(=O)Nc3ccc(C)cc3)s2)cc1. The first kappa shape index (κ1) is 20.0. The van der Waals surface area contributed by atoms with Crippen LogP contribution in [0.1, 0.15) is 44.8 Å². The second-order valence-electron chi connectivity index (χ2n) is 7.41. The molecule has 4 rings (SSSR count). The number of rotatable bonds is 4. The van der Waals surface area contributed by atoms with Crippen molar-refractivity contribution in [3.63, 3.8) is 0 Å². The van der Waals surface area contributed by atoms with E-state index in [0.717, 1.165) is 29.7 Å². The molecule has 1 aliphatic rings. The van der Waals surface area contributed by atoms with Crippen molar-refractivity contribution in [3.8, 4) is 0 Å². The van der Waals surface area contributed by atoms with E-state index in [1.54, 1.807) is 4.90 Å². The number of aryl methyl sites for hydroxylation is 2. The average Bonchev–Trinajstić information content (AvgIpc) is 3.40. The summed E-state index contributed by atoms with van der Waals surface area (Å²) in [6.45, 7) is 4.64. The zero-order valence-electron chi connectivity index (χ0n) is 16.9. The van der Waals surface area contributed by atoms with Crippen molar-refractivity contribution in [2.45, 2.75) is 32.7 Å². The quantitative estimate of drug-likeness (QED) is 0.635. The normalized spacial score (nSPS) is 15.8. The summed E-state index contributed by atoms with van der Waals surface area (Å²) in [6.07, 6.45) is 1.69. The lowest BCUT2D eigenvalue weighted by Gasteiger charge is -2.23. The summed E-state index contributed by atoms with van der Waals surface area (Å²) in [6, 6.07) is 14.9. The van der Waals surface area contributed by atoms with E-state index in [9.17, 15) is 9.59 Å². The maximum absolute atomic E-state index is 12.8. The molecule has 1 aromatic heterocycles. The van der Waals surface area contributed by atoms with Crippen molar-refractivity contribution in [1.82, 2.24) is 15.1 Å². The van der Waals surface area contributed by atoms with Crippen molar-refractivity contribution in [2.24, 2.45) is 0 Å². The number of benzene rings is 2. The van der Waals surface area contributed by atoms with Gasteiger partial charge in [-0.15, -0.1) is 10.2 Å². The van der Waals surface area contributed by atoms with Crippen molar-refractivity contribution in [3.05, 3.63) is 69.7 Å². The number of aromatic nitrogens is 2. The highest BCUT2D eigenvalue weighted by Crippen LogP contribution is 2.34. The number of likely N-dealkylation sites (tertiary alicyclic amines) is 1. The molecule has 154 valence electrons. The summed E-state index contributed by atoms with van der Waals surface area (Å²) in [7, 11) is 0. The van der Waals surface area contributed by atoms with E-state index in [1.807, 2.05) is 62.4 Å². The van der Waals surface area contributed by atoms with Gasteiger partial charge in [-0.2, -0.15) is 0 Å². The molecule has 0 radical (unpaired) electrons. The number of carbonyl (C=O) groups excluding carboxylic acids is 2. The molecule has 0 aliphatic carbocycles. The zero-order valence-corrected chi connectivity index (χ0v) is 17.7. The molecule has 7 nitrogen and oxygen atoms in total. The fraction of sp³-hybridized carbons (Fsp3) is 0.273. The first-order valence-corrected chi connectivity index (χ1v) is 10.7. The molecule has 1 fully saturated rings. The Hall–Kier alpha value is -3.26. The molecule has 0 spiro atoms. The Morgan fingerprint density at radius 3 is 2.17 bits per heavy atom. The summed E-state index contributed by atoms with van der Waals surface area (Å²) in [5.41, 5.74) is 3.72. The lowest BCUT2D eigenvalue weighted by molar-refractivity contribution is 0.102. The van der Waals surface area contributed by atoms with Crippen molar-refractivity contribution < 1.29 is 9.59 Å². The van der Waals surface area contributed by atoms with Crippen molar-refractivity contribution >= 4 is 34.6 Å². The van der Waals surface area contributed by atoms with Crippen LogP contribution >= 0.6 is 11.3 Å². The third-order valence-corrected chi connectivity index (χ3v) is 6.07. The van der Waals surface area contributed by atoms with E-state index < -0.39 is 0 Å². The maximum Gasteiger partial charge on any atom is 0.322 e. The number of hydrogen-bond donors (Lipinski definition) is 2. The molecule has 2 aromatic carbocycles. The van der Waals surface area contributed by atoms with Gasteiger partial charge in [0.1, 0.15) is 5.01 Å². The van der Waals surface area contributed by atoms with E-state index in [1.165, 1.54) is 11.3 Å². The fourth-order valence-corrected chi connectivity index (χ4v) is 4.27. The number of nitrogens with zero attached hydrogens (tertiary/aromatic N) is 3. The highest BCUT2D eigenvalue weighted by Gasteiger charge is 2.33. The van der Waals surface area contributed by atoms with Crippen LogP contribution in [0.25, 0.3) is 0 Å². The molecular formula is C22H23N5O2S. The van der Waals surface area contributed by atoms with Crippen LogP contribution in [0, 0.1) is 13.8 Å².